The Hall–Kier alpha value is -1.01. The van der Waals surface area contributed by atoms with Crippen LogP contribution in [0.15, 0.2) is 0 Å². The Labute approximate surface area is 304 Å². The van der Waals surface area contributed by atoms with Gasteiger partial charge in [0.2, 0.25) is 0 Å². The predicted molar refractivity (Wildman–Crippen MR) is 187 cm³/mol. The van der Waals surface area contributed by atoms with Crippen LogP contribution < -0.4 is 0 Å². The molecule has 6 N–H and O–H groups in total. The Balaban J connectivity index is 2.21. The molecular formula is C37H69NO13. The second kappa shape index (κ2) is 17.2. The molecule has 3 aliphatic rings. The molecule has 3 fully saturated rings. The van der Waals surface area contributed by atoms with E-state index in [-0.39, 0.29) is 31.4 Å². The molecule has 3 aliphatic heterocycles. The fourth-order valence-electron chi connectivity index (χ4n) is 8.57. The first-order valence-electron chi connectivity index (χ1n) is 18.6. The highest BCUT2D eigenvalue weighted by Gasteiger charge is 2.53. The smallest absolute Gasteiger partial charge is 0.311 e. The van der Waals surface area contributed by atoms with Gasteiger partial charge in [-0.05, 0) is 80.8 Å². The lowest BCUT2D eigenvalue weighted by Gasteiger charge is -2.50. The maximum absolute atomic E-state index is 14.1. The number of carbonyl (C=O) groups is 1. The van der Waals surface area contributed by atoms with Crippen LogP contribution in [0.4, 0.5) is 0 Å². The Kier molecular flexibility index (Phi) is 15.0. The van der Waals surface area contributed by atoms with E-state index in [0.29, 0.717) is 6.42 Å². The number of hydrogen-bond donors (Lipinski definition) is 6. The van der Waals surface area contributed by atoms with Gasteiger partial charge in [-0.3, -0.25) is 4.79 Å². The van der Waals surface area contributed by atoms with Gasteiger partial charge in [0.25, 0.3) is 0 Å². The first kappa shape index (κ1) is 44.4. The molecule has 51 heavy (non-hydrogen) atoms. The SMILES string of the molecule is CC[C@H]1OC(=O)[C@H](C)[C@@H](O[C@H]2C[C@@](C)(O)[C@@H](O)[C@H](C)O2)[C@H](C)[C@@H](O[C@@H]2O[C@H](C)C[C@H](N(C)C)[C@H]2O)[C@](C)(OC)C[C@@H](C)C(O)[C@H](C)[C@@H](O)[C@]1(C)O. The fraction of sp³-hybridized carbons (Fsp3) is 0.973. The summed E-state index contributed by atoms with van der Waals surface area (Å²) in [7, 11) is 5.27. The number of cyclic esters (lactones) is 1. The summed E-state index contributed by atoms with van der Waals surface area (Å²) in [5.41, 5.74) is -4.69. The monoisotopic (exact) mass is 735 g/mol. The van der Waals surface area contributed by atoms with Gasteiger partial charge in [-0.25, -0.2) is 0 Å². The van der Waals surface area contributed by atoms with Crippen molar-refractivity contribution in [2.24, 2.45) is 23.7 Å². The van der Waals surface area contributed by atoms with Crippen molar-refractivity contribution < 1.29 is 63.9 Å². The van der Waals surface area contributed by atoms with E-state index >= 15 is 0 Å². The van der Waals surface area contributed by atoms with E-state index in [0.717, 1.165) is 0 Å². The standard InChI is InChI=1S/C37H69NO13/c1-14-25-37(10,45)30(41)20(4)27(39)18(2)16-36(9,46-13)32(51-34-28(40)24(38(11)12)15-19(3)47-34)21(5)29(22(6)33(43)49-25)50-26-17-35(8,44)31(42)23(7)48-26/h18-32,34,39-42,44-45H,14-17H2,1-13H3/t18-,19-,20+,21+,22-,23+,24+,25-,26+,27?,28-,29+,30-,31+,32-,34+,35-,36-,37-/m1/s1. The van der Waals surface area contributed by atoms with Crippen LogP contribution in [0.25, 0.3) is 0 Å². The van der Waals surface area contributed by atoms with Crippen molar-refractivity contribution in [2.45, 2.75) is 185 Å². The normalized spacial score (nSPS) is 51.2. The van der Waals surface area contributed by atoms with Crippen LogP contribution in [0.5, 0.6) is 0 Å². The third kappa shape index (κ3) is 9.63. The summed E-state index contributed by atoms with van der Waals surface area (Å²) in [6.45, 7) is 16.9. The van der Waals surface area contributed by atoms with E-state index < -0.39 is 108 Å². The quantitative estimate of drug-likeness (QED) is 0.206. The van der Waals surface area contributed by atoms with Crippen molar-refractivity contribution in [3.63, 3.8) is 0 Å². The molecule has 1 unspecified atom stereocenters. The fourth-order valence-corrected chi connectivity index (χ4v) is 8.57. The minimum Gasteiger partial charge on any atom is -0.459 e. The molecule has 300 valence electrons. The van der Waals surface area contributed by atoms with Crippen molar-refractivity contribution >= 4 is 5.97 Å². The van der Waals surface area contributed by atoms with Crippen LogP contribution in [0.3, 0.4) is 0 Å². The summed E-state index contributed by atoms with van der Waals surface area (Å²) in [5, 5.41) is 67.9. The van der Waals surface area contributed by atoms with Crippen molar-refractivity contribution in [1.29, 1.82) is 0 Å². The first-order valence-corrected chi connectivity index (χ1v) is 18.6. The molecule has 0 spiro atoms. The highest BCUT2D eigenvalue weighted by Crippen LogP contribution is 2.42. The van der Waals surface area contributed by atoms with Gasteiger partial charge in [-0.2, -0.15) is 0 Å². The molecular weight excluding hydrogens is 666 g/mol. The summed E-state index contributed by atoms with van der Waals surface area (Å²) in [5.74, 6) is -3.83. The average molecular weight is 736 g/mol. The second-order valence-corrected chi connectivity index (χ2v) is 16.7. The number of methoxy groups -OCH3 is 1. The molecule has 19 atom stereocenters. The van der Waals surface area contributed by atoms with E-state index in [2.05, 4.69) is 0 Å². The lowest BCUT2D eigenvalue weighted by atomic mass is 9.73. The largest absolute Gasteiger partial charge is 0.459 e. The zero-order chi connectivity index (χ0) is 39.0. The minimum atomic E-state index is -1.92. The van der Waals surface area contributed by atoms with Crippen LogP contribution >= 0.6 is 0 Å². The molecule has 0 aromatic rings. The number of rotatable bonds is 7. The number of aliphatic hydroxyl groups excluding tert-OH is 4. The lowest BCUT2D eigenvalue weighted by Crippen LogP contribution is -2.61. The molecule has 3 rings (SSSR count). The van der Waals surface area contributed by atoms with E-state index in [9.17, 15) is 35.4 Å². The Morgan fingerprint density at radius 3 is 2.00 bits per heavy atom. The third-order valence-electron chi connectivity index (χ3n) is 12.0. The molecule has 0 saturated carbocycles. The van der Waals surface area contributed by atoms with Crippen LogP contribution in [0.1, 0.15) is 94.9 Å². The highest BCUT2D eigenvalue weighted by atomic mass is 16.7. The number of hydrogen-bond acceptors (Lipinski definition) is 14. The van der Waals surface area contributed by atoms with E-state index in [1.54, 1.807) is 27.7 Å². The minimum absolute atomic E-state index is 0.108. The van der Waals surface area contributed by atoms with Crippen LogP contribution in [-0.4, -0.2) is 153 Å². The molecule has 0 amide bonds. The predicted octanol–water partition coefficient (Wildman–Crippen LogP) is 1.58. The summed E-state index contributed by atoms with van der Waals surface area (Å²) >= 11 is 0. The maximum Gasteiger partial charge on any atom is 0.311 e. The Bertz CT molecular complexity index is 1120. The topological polar surface area (TPSA) is 197 Å². The summed E-state index contributed by atoms with van der Waals surface area (Å²) in [4.78, 5) is 16.0. The lowest BCUT2D eigenvalue weighted by molar-refractivity contribution is -0.318. The zero-order valence-electron chi connectivity index (χ0n) is 33.1. The van der Waals surface area contributed by atoms with Crippen molar-refractivity contribution in [2.75, 3.05) is 21.2 Å². The molecule has 14 heteroatoms. The van der Waals surface area contributed by atoms with Crippen LogP contribution in [-0.2, 0) is 33.2 Å². The number of carbonyl (C=O) groups excluding carboxylic acids is 1. The number of ether oxygens (including phenoxy) is 6. The number of aliphatic hydroxyl groups is 6. The summed E-state index contributed by atoms with van der Waals surface area (Å²) < 4.78 is 37.8. The Morgan fingerprint density at radius 2 is 1.47 bits per heavy atom. The molecule has 0 aromatic carbocycles. The highest BCUT2D eigenvalue weighted by molar-refractivity contribution is 5.73. The van der Waals surface area contributed by atoms with Gasteiger partial charge in [0, 0.05) is 31.4 Å². The van der Waals surface area contributed by atoms with Gasteiger partial charge in [0.05, 0.1) is 53.7 Å². The van der Waals surface area contributed by atoms with Gasteiger partial charge in [-0.1, -0.05) is 27.7 Å². The molecule has 0 bridgehead atoms. The summed E-state index contributed by atoms with van der Waals surface area (Å²) in [6, 6.07) is -0.282. The number of esters is 1. The first-order chi connectivity index (χ1) is 23.4. The van der Waals surface area contributed by atoms with Crippen molar-refractivity contribution in [3.8, 4) is 0 Å². The van der Waals surface area contributed by atoms with E-state index in [1.807, 2.05) is 46.7 Å². The van der Waals surface area contributed by atoms with Crippen molar-refractivity contribution in [1.82, 2.24) is 4.90 Å². The van der Waals surface area contributed by atoms with Gasteiger partial charge < -0.3 is 64.0 Å². The molecule has 0 radical (unpaired) electrons. The maximum atomic E-state index is 14.1. The molecule has 14 nitrogen and oxygen atoms in total. The van der Waals surface area contributed by atoms with Gasteiger partial charge in [-0.15, -0.1) is 0 Å². The average Bonchev–Trinajstić information content (AvgIpc) is 3.05. The zero-order valence-corrected chi connectivity index (χ0v) is 33.1. The van der Waals surface area contributed by atoms with Gasteiger partial charge in [0.15, 0.2) is 12.6 Å². The van der Waals surface area contributed by atoms with Crippen LogP contribution in [0.2, 0.25) is 0 Å². The van der Waals surface area contributed by atoms with Gasteiger partial charge >= 0.3 is 5.97 Å². The molecule has 0 aromatic heterocycles. The van der Waals surface area contributed by atoms with E-state index in [4.69, 9.17) is 28.4 Å². The van der Waals surface area contributed by atoms with Crippen molar-refractivity contribution in [3.05, 3.63) is 0 Å². The molecule has 3 saturated heterocycles. The molecule has 3 heterocycles. The number of nitrogens with zero attached hydrogens (tertiary/aromatic N) is 1. The summed E-state index contributed by atoms with van der Waals surface area (Å²) in [6.07, 6.45) is -10.4. The second-order valence-electron chi connectivity index (χ2n) is 16.7. The third-order valence-corrected chi connectivity index (χ3v) is 12.0. The van der Waals surface area contributed by atoms with Gasteiger partial charge in [0.1, 0.15) is 23.9 Å². The Morgan fingerprint density at radius 1 is 0.863 bits per heavy atom. The van der Waals surface area contributed by atoms with Crippen LogP contribution in [0, 0.1) is 23.7 Å². The number of likely N-dealkylation sites (N-methyl/N-ethyl adjacent to an activating group) is 1. The molecule has 0 aliphatic carbocycles. The van der Waals surface area contributed by atoms with E-state index in [1.165, 1.54) is 21.0 Å².